The maximum absolute atomic E-state index is 12.3. The second-order valence-corrected chi connectivity index (χ2v) is 6.94. The summed E-state index contributed by atoms with van der Waals surface area (Å²) in [5.41, 5.74) is 2.64. The molecule has 0 saturated heterocycles. The van der Waals surface area contributed by atoms with E-state index in [9.17, 15) is 8.42 Å². The van der Waals surface area contributed by atoms with Crippen molar-refractivity contribution in [3.8, 4) is 0 Å². The van der Waals surface area contributed by atoms with Crippen LogP contribution in [0.25, 0.3) is 10.9 Å². The third kappa shape index (κ3) is 3.16. The Bertz CT molecular complexity index is 921. The van der Waals surface area contributed by atoms with E-state index >= 15 is 0 Å². The Morgan fingerprint density at radius 3 is 2.68 bits per heavy atom. The van der Waals surface area contributed by atoms with Crippen molar-refractivity contribution in [2.24, 2.45) is 0 Å². The molecule has 4 nitrogen and oxygen atoms in total. The number of fused-ring (bicyclic) bond motifs is 1. The number of aromatic nitrogens is 1. The molecule has 0 saturated carbocycles. The third-order valence-corrected chi connectivity index (χ3v) is 4.81. The lowest BCUT2D eigenvalue weighted by Crippen LogP contribution is -2.23. The van der Waals surface area contributed by atoms with Gasteiger partial charge in [0.2, 0.25) is 10.0 Å². The summed E-state index contributed by atoms with van der Waals surface area (Å²) in [7, 11) is -3.51. The number of rotatable bonds is 4. The summed E-state index contributed by atoms with van der Waals surface area (Å²) in [6, 6.07) is 16.5. The number of benzene rings is 2. The zero-order valence-corrected chi connectivity index (χ0v) is 13.0. The molecule has 0 aliphatic carbocycles. The Morgan fingerprint density at radius 1 is 1.05 bits per heavy atom. The zero-order valence-electron chi connectivity index (χ0n) is 12.2. The van der Waals surface area contributed by atoms with Gasteiger partial charge < -0.3 is 0 Å². The fraction of sp³-hybridized carbons (Fsp3) is 0.118. The van der Waals surface area contributed by atoms with E-state index in [-0.39, 0.29) is 11.4 Å². The van der Waals surface area contributed by atoms with Gasteiger partial charge in [-0.05, 0) is 42.3 Å². The van der Waals surface area contributed by atoms with Gasteiger partial charge >= 0.3 is 0 Å². The van der Waals surface area contributed by atoms with Gasteiger partial charge in [0.05, 0.1) is 10.4 Å². The quantitative estimate of drug-likeness (QED) is 0.805. The molecule has 1 aromatic heterocycles. The van der Waals surface area contributed by atoms with Gasteiger partial charge in [0.25, 0.3) is 0 Å². The van der Waals surface area contributed by atoms with Gasteiger partial charge in [-0.1, -0.05) is 30.3 Å². The van der Waals surface area contributed by atoms with Crippen LogP contribution in [0.3, 0.4) is 0 Å². The fourth-order valence-corrected chi connectivity index (χ4v) is 3.38. The van der Waals surface area contributed by atoms with Crippen molar-refractivity contribution in [2.45, 2.75) is 18.4 Å². The summed E-state index contributed by atoms with van der Waals surface area (Å²) in [5.74, 6) is 0. The first-order valence-electron chi connectivity index (χ1n) is 6.95. The molecule has 0 spiro atoms. The van der Waals surface area contributed by atoms with Crippen LogP contribution in [-0.4, -0.2) is 13.4 Å². The average Bonchev–Trinajstić information content (AvgIpc) is 2.53. The largest absolute Gasteiger partial charge is 0.256 e. The Hall–Kier alpha value is -2.24. The maximum atomic E-state index is 12.3. The van der Waals surface area contributed by atoms with Gasteiger partial charge in [0.1, 0.15) is 0 Å². The molecule has 1 heterocycles. The summed E-state index contributed by atoms with van der Waals surface area (Å²) in [6.45, 7) is 2.08. The molecule has 0 radical (unpaired) electrons. The summed E-state index contributed by atoms with van der Waals surface area (Å²) in [5, 5.41) is 0.995. The van der Waals surface area contributed by atoms with Gasteiger partial charge in [0.15, 0.2) is 0 Å². The lowest BCUT2D eigenvalue weighted by molar-refractivity contribution is 0.581. The van der Waals surface area contributed by atoms with Crippen molar-refractivity contribution < 1.29 is 8.42 Å². The first kappa shape index (κ1) is 14.7. The SMILES string of the molecule is Cc1cccc(S(=O)(=O)NCc2cnc3ccccc3c2)c1. The highest BCUT2D eigenvalue weighted by Gasteiger charge is 2.13. The van der Waals surface area contributed by atoms with Crippen LogP contribution in [0.4, 0.5) is 0 Å². The molecule has 5 heteroatoms. The predicted molar refractivity (Wildman–Crippen MR) is 86.9 cm³/mol. The van der Waals surface area contributed by atoms with E-state index in [2.05, 4.69) is 9.71 Å². The number of sulfonamides is 1. The van der Waals surface area contributed by atoms with E-state index in [0.29, 0.717) is 0 Å². The zero-order chi connectivity index (χ0) is 15.6. The van der Waals surface area contributed by atoms with Crippen molar-refractivity contribution >= 4 is 20.9 Å². The Labute approximate surface area is 129 Å². The first-order chi connectivity index (χ1) is 10.5. The van der Waals surface area contributed by atoms with Crippen molar-refractivity contribution in [1.82, 2.24) is 9.71 Å². The molecular weight excluding hydrogens is 296 g/mol. The fourth-order valence-electron chi connectivity index (χ4n) is 2.26. The number of pyridine rings is 1. The number of hydrogen-bond acceptors (Lipinski definition) is 3. The van der Waals surface area contributed by atoms with Gasteiger partial charge in [-0.3, -0.25) is 4.98 Å². The third-order valence-electron chi connectivity index (χ3n) is 3.41. The highest BCUT2D eigenvalue weighted by atomic mass is 32.2. The molecule has 0 amide bonds. The van der Waals surface area contributed by atoms with Gasteiger partial charge in [0, 0.05) is 18.1 Å². The molecule has 3 aromatic rings. The Kier molecular flexibility index (Phi) is 3.92. The molecule has 2 aromatic carbocycles. The van der Waals surface area contributed by atoms with E-state index in [1.165, 1.54) is 0 Å². The van der Waals surface area contributed by atoms with Crippen LogP contribution < -0.4 is 4.72 Å². The minimum absolute atomic E-state index is 0.216. The molecule has 0 fully saturated rings. The maximum Gasteiger partial charge on any atom is 0.240 e. The molecule has 0 atom stereocenters. The predicted octanol–water partition coefficient (Wildman–Crippen LogP) is 3.02. The van der Waals surface area contributed by atoms with Crippen molar-refractivity contribution in [2.75, 3.05) is 0 Å². The minimum Gasteiger partial charge on any atom is -0.256 e. The lowest BCUT2D eigenvalue weighted by atomic mass is 10.2. The van der Waals surface area contributed by atoms with Crippen molar-refractivity contribution in [1.29, 1.82) is 0 Å². The monoisotopic (exact) mass is 312 g/mol. The van der Waals surface area contributed by atoms with Crippen LogP contribution >= 0.6 is 0 Å². The summed E-state index contributed by atoms with van der Waals surface area (Å²) < 4.78 is 27.2. The molecule has 0 unspecified atom stereocenters. The number of nitrogens with one attached hydrogen (secondary N) is 1. The topological polar surface area (TPSA) is 59.1 Å². The molecule has 112 valence electrons. The van der Waals surface area contributed by atoms with E-state index in [1.807, 2.05) is 43.3 Å². The second kappa shape index (κ2) is 5.87. The van der Waals surface area contributed by atoms with Crippen LogP contribution in [0, 0.1) is 6.92 Å². The van der Waals surface area contributed by atoms with E-state index < -0.39 is 10.0 Å². The van der Waals surface area contributed by atoms with Crippen LogP contribution in [0.2, 0.25) is 0 Å². The van der Waals surface area contributed by atoms with E-state index in [0.717, 1.165) is 22.0 Å². The molecule has 0 aliphatic rings. The Morgan fingerprint density at radius 2 is 1.86 bits per heavy atom. The minimum atomic E-state index is -3.51. The van der Waals surface area contributed by atoms with E-state index in [1.54, 1.807) is 24.4 Å². The van der Waals surface area contributed by atoms with Gasteiger partial charge in [-0.15, -0.1) is 0 Å². The number of nitrogens with zero attached hydrogens (tertiary/aromatic N) is 1. The summed E-state index contributed by atoms with van der Waals surface area (Å²) in [6.07, 6.45) is 1.70. The highest BCUT2D eigenvalue weighted by molar-refractivity contribution is 7.89. The average molecular weight is 312 g/mol. The van der Waals surface area contributed by atoms with Crippen LogP contribution in [0.15, 0.2) is 65.7 Å². The molecule has 1 N–H and O–H groups in total. The summed E-state index contributed by atoms with van der Waals surface area (Å²) >= 11 is 0. The Balaban J connectivity index is 1.81. The first-order valence-corrected chi connectivity index (χ1v) is 8.43. The number of para-hydroxylation sites is 1. The van der Waals surface area contributed by atoms with Crippen LogP contribution in [0.1, 0.15) is 11.1 Å². The molecule has 3 rings (SSSR count). The second-order valence-electron chi connectivity index (χ2n) is 5.18. The summed E-state index contributed by atoms with van der Waals surface area (Å²) in [4.78, 5) is 4.61. The van der Waals surface area contributed by atoms with Crippen molar-refractivity contribution in [3.05, 3.63) is 71.9 Å². The van der Waals surface area contributed by atoms with Gasteiger partial charge in [-0.2, -0.15) is 0 Å². The molecule has 0 aliphatic heterocycles. The van der Waals surface area contributed by atoms with Crippen LogP contribution in [0.5, 0.6) is 0 Å². The molecular formula is C17H16N2O2S. The number of hydrogen-bond donors (Lipinski definition) is 1. The van der Waals surface area contributed by atoms with Gasteiger partial charge in [-0.25, -0.2) is 13.1 Å². The standard InChI is InChI=1S/C17H16N2O2S/c1-13-5-4-7-16(9-13)22(20,21)19-12-14-10-15-6-2-3-8-17(15)18-11-14/h2-11,19H,12H2,1H3. The highest BCUT2D eigenvalue weighted by Crippen LogP contribution is 2.14. The van der Waals surface area contributed by atoms with Crippen LogP contribution in [-0.2, 0) is 16.6 Å². The lowest BCUT2D eigenvalue weighted by Gasteiger charge is -2.08. The van der Waals surface area contributed by atoms with E-state index in [4.69, 9.17) is 0 Å². The number of aryl methyl sites for hydroxylation is 1. The smallest absolute Gasteiger partial charge is 0.240 e. The molecule has 0 bridgehead atoms. The molecule has 22 heavy (non-hydrogen) atoms. The normalized spacial score (nSPS) is 11.7. The van der Waals surface area contributed by atoms with Crippen molar-refractivity contribution in [3.63, 3.8) is 0 Å².